The van der Waals surface area contributed by atoms with E-state index in [4.69, 9.17) is 9.84 Å². The molecular formula is C13H14N2O5. The van der Waals surface area contributed by atoms with Gasteiger partial charge in [0.05, 0.1) is 16.5 Å². The number of carbonyl (C=O) groups is 1. The standard InChI is InChI=1S/C13H14N2O5/c1-20-6-2-5-15-11(16)9-4-3-8(12(17)18)7-10(9)14-13(15)19/h3-4,7H,2,5-6H2,1H3,(H,14,19)(H,17,18). The van der Waals surface area contributed by atoms with Crippen LogP contribution in [0.2, 0.25) is 0 Å². The summed E-state index contributed by atoms with van der Waals surface area (Å²) in [6, 6.07) is 4.02. The van der Waals surface area contributed by atoms with Crippen LogP contribution < -0.4 is 11.2 Å². The molecule has 1 heterocycles. The Balaban J connectivity index is 2.53. The molecule has 0 spiro atoms. The van der Waals surface area contributed by atoms with Crippen LogP contribution in [0.5, 0.6) is 0 Å². The number of nitrogens with one attached hydrogen (secondary N) is 1. The zero-order chi connectivity index (χ0) is 14.7. The number of methoxy groups -OCH3 is 1. The maximum atomic E-state index is 12.2. The van der Waals surface area contributed by atoms with Gasteiger partial charge in [0, 0.05) is 20.3 Å². The normalized spacial score (nSPS) is 10.8. The molecule has 2 N–H and O–H groups in total. The zero-order valence-electron chi connectivity index (χ0n) is 10.9. The van der Waals surface area contributed by atoms with E-state index in [1.54, 1.807) is 7.11 Å². The molecule has 0 unspecified atom stereocenters. The molecule has 0 fully saturated rings. The lowest BCUT2D eigenvalue weighted by atomic mass is 10.1. The SMILES string of the molecule is COCCCn1c(=O)[nH]c2cc(C(=O)O)ccc2c1=O. The minimum absolute atomic E-state index is 0.0182. The molecule has 7 nitrogen and oxygen atoms in total. The molecule has 2 rings (SSSR count). The van der Waals surface area contributed by atoms with Crippen LogP contribution in [0.4, 0.5) is 0 Å². The van der Waals surface area contributed by atoms with Crippen molar-refractivity contribution in [2.24, 2.45) is 0 Å². The van der Waals surface area contributed by atoms with Crippen molar-refractivity contribution >= 4 is 16.9 Å². The van der Waals surface area contributed by atoms with Gasteiger partial charge in [-0.15, -0.1) is 0 Å². The van der Waals surface area contributed by atoms with E-state index < -0.39 is 17.2 Å². The molecular weight excluding hydrogens is 264 g/mol. The van der Waals surface area contributed by atoms with E-state index in [1.807, 2.05) is 0 Å². The van der Waals surface area contributed by atoms with Crippen LogP contribution in [-0.2, 0) is 11.3 Å². The first-order chi connectivity index (χ1) is 9.54. The largest absolute Gasteiger partial charge is 0.478 e. The average molecular weight is 278 g/mol. The highest BCUT2D eigenvalue weighted by molar-refractivity contribution is 5.92. The van der Waals surface area contributed by atoms with Crippen LogP contribution in [0.15, 0.2) is 27.8 Å². The van der Waals surface area contributed by atoms with Crippen LogP contribution in [-0.4, -0.2) is 34.3 Å². The fourth-order valence-corrected chi connectivity index (χ4v) is 1.96. The molecule has 0 aliphatic carbocycles. The highest BCUT2D eigenvalue weighted by atomic mass is 16.5. The number of carboxylic acids is 1. The lowest BCUT2D eigenvalue weighted by Gasteiger charge is -2.06. The molecule has 7 heteroatoms. The number of fused-ring (bicyclic) bond motifs is 1. The van der Waals surface area contributed by atoms with Crippen LogP contribution >= 0.6 is 0 Å². The minimum atomic E-state index is -1.11. The summed E-state index contributed by atoms with van der Waals surface area (Å²) >= 11 is 0. The van der Waals surface area contributed by atoms with Crippen molar-refractivity contribution in [3.8, 4) is 0 Å². The van der Waals surface area contributed by atoms with E-state index in [1.165, 1.54) is 18.2 Å². The van der Waals surface area contributed by atoms with Crippen molar-refractivity contribution in [1.29, 1.82) is 0 Å². The summed E-state index contributed by atoms with van der Waals surface area (Å²) in [6.07, 6.45) is 0.540. The molecule has 0 aliphatic rings. The number of ether oxygens (including phenoxy) is 1. The van der Waals surface area contributed by atoms with E-state index in [0.29, 0.717) is 13.0 Å². The Morgan fingerprint density at radius 1 is 1.40 bits per heavy atom. The average Bonchev–Trinajstić information content (AvgIpc) is 2.41. The lowest BCUT2D eigenvalue weighted by Crippen LogP contribution is -2.35. The molecule has 106 valence electrons. The number of aromatic amines is 1. The van der Waals surface area contributed by atoms with Crippen molar-refractivity contribution < 1.29 is 14.6 Å². The molecule has 2 aromatic rings. The third-order valence-corrected chi connectivity index (χ3v) is 2.96. The number of hydrogen-bond donors (Lipinski definition) is 2. The van der Waals surface area contributed by atoms with E-state index in [-0.39, 0.29) is 23.0 Å². The van der Waals surface area contributed by atoms with Gasteiger partial charge in [0.25, 0.3) is 5.56 Å². The van der Waals surface area contributed by atoms with E-state index >= 15 is 0 Å². The van der Waals surface area contributed by atoms with Gasteiger partial charge < -0.3 is 14.8 Å². The molecule has 0 saturated carbocycles. The monoisotopic (exact) mass is 278 g/mol. The summed E-state index contributed by atoms with van der Waals surface area (Å²) in [6.45, 7) is 0.695. The molecule has 20 heavy (non-hydrogen) atoms. The Morgan fingerprint density at radius 2 is 2.15 bits per heavy atom. The third-order valence-electron chi connectivity index (χ3n) is 2.96. The van der Waals surface area contributed by atoms with Gasteiger partial charge in [-0.1, -0.05) is 0 Å². The van der Waals surface area contributed by atoms with Gasteiger partial charge in [0.15, 0.2) is 0 Å². The number of aromatic nitrogens is 2. The smallest absolute Gasteiger partial charge is 0.335 e. The topological polar surface area (TPSA) is 101 Å². The highest BCUT2D eigenvalue weighted by Crippen LogP contribution is 2.09. The Morgan fingerprint density at radius 3 is 2.80 bits per heavy atom. The number of nitrogens with zero attached hydrogens (tertiary/aromatic N) is 1. The quantitative estimate of drug-likeness (QED) is 0.772. The predicted molar refractivity (Wildman–Crippen MR) is 72.3 cm³/mol. The summed E-state index contributed by atoms with van der Waals surface area (Å²) in [5.74, 6) is -1.11. The Hall–Kier alpha value is -2.41. The van der Waals surface area contributed by atoms with Crippen LogP contribution in [0.25, 0.3) is 10.9 Å². The number of aromatic carboxylic acids is 1. The minimum Gasteiger partial charge on any atom is -0.478 e. The van der Waals surface area contributed by atoms with Crippen LogP contribution in [0, 0.1) is 0 Å². The molecule has 0 bridgehead atoms. The predicted octanol–water partition coefficient (Wildman–Crippen LogP) is 0.424. The summed E-state index contributed by atoms with van der Waals surface area (Å²) in [5, 5.41) is 9.18. The Labute approximate surface area is 113 Å². The van der Waals surface area contributed by atoms with Gasteiger partial charge in [-0.25, -0.2) is 9.59 Å². The first-order valence-electron chi connectivity index (χ1n) is 6.03. The van der Waals surface area contributed by atoms with Crippen molar-refractivity contribution in [3.05, 3.63) is 44.6 Å². The first-order valence-corrected chi connectivity index (χ1v) is 6.03. The third kappa shape index (κ3) is 2.62. The van der Waals surface area contributed by atoms with E-state index in [0.717, 1.165) is 4.57 Å². The second-order valence-electron chi connectivity index (χ2n) is 4.30. The summed E-state index contributed by atoms with van der Waals surface area (Å²) < 4.78 is 5.97. The van der Waals surface area contributed by atoms with Gasteiger partial charge >= 0.3 is 11.7 Å². The maximum Gasteiger partial charge on any atom is 0.335 e. The lowest BCUT2D eigenvalue weighted by molar-refractivity contribution is 0.0697. The van der Waals surface area contributed by atoms with Crippen molar-refractivity contribution in [2.75, 3.05) is 13.7 Å². The molecule has 0 radical (unpaired) electrons. The van der Waals surface area contributed by atoms with Crippen molar-refractivity contribution in [1.82, 2.24) is 9.55 Å². The van der Waals surface area contributed by atoms with Crippen LogP contribution in [0.3, 0.4) is 0 Å². The van der Waals surface area contributed by atoms with E-state index in [9.17, 15) is 14.4 Å². The Kier molecular flexibility index (Phi) is 3.99. The second-order valence-corrected chi connectivity index (χ2v) is 4.30. The van der Waals surface area contributed by atoms with Crippen molar-refractivity contribution in [2.45, 2.75) is 13.0 Å². The molecule has 0 saturated heterocycles. The molecule has 0 aliphatic heterocycles. The van der Waals surface area contributed by atoms with Crippen LogP contribution in [0.1, 0.15) is 16.8 Å². The Bertz CT molecular complexity index is 759. The number of H-pyrrole nitrogens is 1. The van der Waals surface area contributed by atoms with Gasteiger partial charge in [0.1, 0.15) is 0 Å². The van der Waals surface area contributed by atoms with Gasteiger partial charge in [-0.3, -0.25) is 9.36 Å². The van der Waals surface area contributed by atoms with Gasteiger partial charge in [-0.2, -0.15) is 0 Å². The molecule has 0 amide bonds. The summed E-state index contributed by atoms with van der Waals surface area (Å²) in [4.78, 5) is 37.4. The van der Waals surface area contributed by atoms with Gasteiger partial charge in [0.2, 0.25) is 0 Å². The fourth-order valence-electron chi connectivity index (χ4n) is 1.96. The number of rotatable bonds is 5. The number of hydrogen-bond acceptors (Lipinski definition) is 4. The second kappa shape index (κ2) is 5.70. The molecule has 1 aromatic heterocycles. The summed E-state index contributed by atoms with van der Waals surface area (Å²) in [5.41, 5.74) is -0.745. The van der Waals surface area contributed by atoms with Crippen molar-refractivity contribution in [3.63, 3.8) is 0 Å². The fraction of sp³-hybridized carbons (Fsp3) is 0.308. The highest BCUT2D eigenvalue weighted by Gasteiger charge is 2.10. The summed E-state index contributed by atoms with van der Waals surface area (Å²) in [7, 11) is 1.54. The first kappa shape index (κ1) is 14.0. The molecule has 0 atom stereocenters. The maximum absolute atomic E-state index is 12.2. The zero-order valence-corrected chi connectivity index (χ0v) is 10.9. The van der Waals surface area contributed by atoms with E-state index in [2.05, 4.69) is 4.98 Å². The van der Waals surface area contributed by atoms with Gasteiger partial charge in [-0.05, 0) is 24.6 Å². The molecule has 1 aromatic carbocycles. The number of carboxylic acid groups (broad SMARTS) is 1. The number of benzene rings is 1.